The standard InChI is InChI=1S/C9H17NO3/c1-6(2)4-8(7(3)11)5-9(12)10-13/h6,8,13H,4-5H2,1-3H3,(H,10,12). The highest BCUT2D eigenvalue weighted by molar-refractivity contribution is 5.85. The summed E-state index contributed by atoms with van der Waals surface area (Å²) < 4.78 is 0. The molecule has 0 aromatic carbocycles. The highest BCUT2D eigenvalue weighted by atomic mass is 16.5. The molecule has 0 aliphatic heterocycles. The van der Waals surface area contributed by atoms with E-state index in [4.69, 9.17) is 5.21 Å². The fraction of sp³-hybridized carbons (Fsp3) is 0.778. The van der Waals surface area contributed by atoms with Gasteiger partial charge in [-0.25, -0.2) is 5.48 Å². The first-order valence-electron chi connectivity index (χ1n) is 4.40. The summed E-state index contributed by atoms with van der Waals surface area (Å²) in [6.07, 6.45) is 0.757. The summed E-state index contributed by atoms with van der Waals surface area (Å²) in [5, 5.41) is 8.29. The average Bonchev–Trinajstić information content (AvgIpc) is 2.02. The van der Waals surface area contributed by atoms with Gasteiger partial charge >= 0.3 is 0 Å². The van der Waals surface area contributed by atoms with Gasteiger partial charge in [0.15, 0.2) is 0 Å². The molecule has 2 N–H and O–H groups in total. The Labute approximate surface area is 78.3 Å². The van der Waals surface area contributed by atoms with Crippen molar-refractivity contribution < 1.29 is 14.8 Å². The van der Waals surface area contributed by atoms with Gasteiger partial charge in [0, 0.05) is 12.3 Å². The molecule has 1 atom stereocenters. The summed E-state index contributed by atoms with van der Waals surface area (Å²) >= 11 is 0. The summed E-state index contributed by atoms with van der Waals surface area (Å²) in [5.41, 5.74) is 1.53. The third-order valence-corrected chi connectivity index (χ3v) is 1.89. The quantitative estimate of drug-likeness (QED) is 0.501. The Morgan fingerprint density at radius 1 is 1.38 bits per heavy atom. The summed E-state index contributed by atoms with van der Waals surface area (Å²) in [6, 6.07) is 0. The topological polar surface area (TPSA) is 66.4 Å². The Bertz CT molecular complexity index is 189. The normalized spacial score (nSPS) is 12.7. The van der Waals surface area contributed by atoms with Crippen molar-refractivity contribution in [2.75, 3.05) is 0 Å². The molecule has 4 heteroatoms. The zero-order valence-corrected chi connectivity index (χ0v) is 8.33. The van der Waals surface area contributed by atoms with Crippen molar-refractivity contribution in [2.45, 2.75) is 33.6 Å². The predicted octanol–water partition coefficient (Wildman–Crippen LogP) is 1.13. The number of amides is 1. The zero-order chi connectivity index (χ0) is 10.4. The highest BCUT2D eigenvalue weighted by Gasteiger charge is 2.19. The lowest BCUT2D eigenvalue weighted by Crippen LogP contribution is -2.25. The van der Waals surface area contributed by atoms with Crippen molar-refractivity contribution in [3.05, 3.63) is 0 Å². The molecule has 0 fully saturated rings. The Kier molecular flexibility index (Phi) is 5.30. The molecule has 0 radical (unpaired) electrons. The first-order valence-corrected chi connectivity index (χ1v) is 4.40. The van der Waals surface area contributed by atoms with E-state index in [1.807, 2.05) is 13.8 Å². The van der Waals surface area contributed by atoms with Gasteiger partial charge in [0.2, 0.25) is 5.91 Å². The molecule has 0 aliphatic carbocycles. The van der Waals surface area contributed by atoms with Gasteiger partial charge in [0.25, 0.3) is 0 Å². The maximum atomic E-state index is 11.1. The number of Topliss-reactive ketones (excluding diaryl/α,β-unsaturated/α-hetero) is 1. The molecule has 0 aliphatic rings. The molecule has 0 saturated carbocycles. The fourth-order valence-electron chi connectivity index (χ4n) is 1.23. The van der Waals surface area contributed by atoms with Gasteiger partial charge in [-0.3, -0.25) is 14.8 Å². The van der Waals surface area contributed by atoms with Crippen LogP contribution in [0.1, 0.15) is 33.6 Å². The van der Waals surface area contributed by atoms with Crippen LogP contribution in [0.4, 0.5) is 0 Å². The summed E-state index contributed by atoms with van der Waals surface area (Å²) in [5.74, 6) is -0.398. The van der Waals surface area contributed by atoms with Crippen LogP contribution < -0.4 is 5.48 Å². The van der Waals surface area contributed by atoms with E-state index >= 15 is 0 Å². The number of carbonyl (C=O) groups is 2. The molecular formula is C9H17NO3. The lowest BCUT2D eigenvalue weighted by Gasteiger charge is -2.14. The van der Waals surface area contributed by atoms with Crippen LogP contribution in [0.15, 0.2) is 0 Å². The van der Waals surface area contributed by atoms with Crippen molar-refractivity contribution in [2.24, 2.45) is 11.8 Å². The van der Waals surface area contributed by atoms with E-state index in [-0.39, 0.29) is 18.1 Å². The second-order valence-corrected chi connectivity index (χ2v) is 3.68. The molecule has 0 heterocycles. The van der Waals surface area contributed by atoms with Crippen molar-refractivity contribution in [1.82, 2.24) is 5.48 Å². The van der Waals surface area contributed by atoms with Crippen molar-refractivity contribution in [3.8, 4) is 0 Å². The van der Waals surface area contributed by atoms with Crippen LogP contribution in [0.5, 0.6) is 0 Å². The third kappa shape index (κ3) is 5.36. The highest BCUT2D eigenvalue weighted by Crippen LogP contribution is 2.16. The molecule has 0 spiro atoms. The van der Waals surface area contributed by atoms with Crippen LogP contribution in [-0.4, -0.2) is 16.9 Å². The van der Waals surface area contributed by atoms with E-state index in [1.54, 1.807) is 0 Å². The number of hydroxylamine groups is 1. The fourth-order valence-corrected chi connectivity index (χ4v) is 1.23. The lowest BCUT2D eigenvalue weighted by molar-refractivity contribution is -0.133. The van der Waals surface area contributed by atoms with Crippen LogP contribution in [0, 0.1) is 11.8 Å². The van der Waals surface area contributed by atoms with Gasteiger partial charge in [-0.1, -0.05) is 13.8 Å². The molecule has 0 rings (SSSR count). The molecule has 76 valence electrons. The van der Waals surface area contributed by atoms with E-state index < -0.39 is 5.91 Å². The first kappa shape index (κ1) is 12.1. The number of hydrogen-bond donors (Lipinski definition) is 2. The van der Waals surface area contributed by atoms with Gasteiger partial charge < -0.3 is 0 Å². The first-order chi connectivity index (χ1) is 5.97. The minimum absolute atomic E-state index is 0.00250. The molecular weight excluding hydrogens is 170 g/mol. The number of carbonyl (C=O) groups excluding carboxylic acids is 2. The number of nitrogens with one attached hydrogen (secondary N) is 1. The third-order valence-electron chi connectivity index (χ3n) is 1.89. The summed E-state index contributed by atoms with van der Waals surface area (Å²) in [4.78, 5) is 21.9. The average molecular weight is 187 g/mol. The number of rotatable bonds is 5. The van der Waals surface area contributed by atoms with Gasteiger partial charge in [-0.15, -0.1) is 0 Å². The van der Waals surface area contributed by atoms with E-state index in [9.17, 15) is 9.59 Å². The van der Waals surface area contributed by atoms with Crippen molar-refractivity contribution in [3.63, 3.8) is 0 Å². The number of hydrogen-bond acceptors (Lipinski definition) is 3. The Hall–Kier alpha value is -0.900. The van der Waals surface area contributed by atoms with E-state index in [1.165, 1.54) is 12.4 Å². The SMILES string of the molecule is CC(=O)C(CC(=O)NO)CC(C)C. The Morgan fingerprint density at radius 2 is 1.92 bits per heavy atom. The van der Waals surface area contributed by atoms with Crippen molar-refractivity contribution in [1.29, 1.82) is 0 Å². The smallest absolute Gasteiger partial charge is 0.244 e. The minimum Gasteiger partial charge on any atom is -0.300 e. The molecule has 13 heavy (non-hydrogen) atoms. The Morgan fingerprint density at radius 3 is 2.23 bits per heavy atom. The molecule has 1 unspecified atom stereocenters. The second kappa shape index (κ2) is 5.70. The summed E-state index contributed by atoms with van der Waals surface area (Å²) in [7, 11) is 0. The van der Waals surface area contributed by atoms with Gasteiger partial charge in [-0.2, -0.15) is 0 Å². The number of ketones is 1. The van der Waals surface area contributed by atoms with Gasteiger partial charge in [0.05, 0.1) is 0 Å². The molecule has 0 bridgehead atoms. The van der Waals surface area contributed by atoms with E-state index in [2.05, 4.69) is 0 Å². The lowest BCUT2D eigenvalue weighted by atomic mass is 9.91. The van der Waals surface area contributed by atoms with Gasteiger partial charge in [0.1, 0.15) is 5.78 Å². The van der Waals surface area contributed by atoms with E-state index in [0.29, 0.717) is 12.3 Å². The molecule has 0 aromatic heterocycles. The van der Waals surface area contributed by atoms with Crippen LogP contribution in [0.3, 0.4) is 0 Å². The molecule has 1 amide bonds. The van der Waals surface area contributed by atoms with E-state index in [0.717, 1.165) is 0 Å². The molecule has 4 nitrogen and oxygen atoms in total. The van der Waals surface area contributed by atoms with Crippen LogP contribution in [0.2, 0.25) is 0 Å². The van der Waals surface area contributed by atoms with Crippen molar-refractivity contribution >= 4 is 11.7 Å². The maximum Gasteiger partial charge on any atom is 0.244 e. The monoisotopic (exact) mass is 187 g/mol. The zero-order valence-electron chi connectivity index (χ0n) is 8.33. The molecule has 0 aromatic rings. The Balaban J connectivity index is 4.10. The second-order valence-electron chi connectivity index (χ2n) is 3.68. The van der Waals surface area contributed by atoms with Gasteiger partial charge in [-0.05, 0) is 19.3 Å². The minimum atomic E-state index is -0.499. The maximum absolute atomic E-state index is 11.1. The van der Waals surface area contributed by atoms with Crippen LogP contribution in [0.25, 0.3) is 0 Å². The largest absolute Gasteiger partial charge is 0.300 e. The predicted molar refractivity (Wildman–Crippen MR) is 48.2 cm³/mol. The molecule has 0 saturated heterocycles. The van der Waals surface area contributed by atoms with Crippen LogP contribution >= 0.6 is 0 Å². The van der Waals surface area contributed by atoms with Crippen LogP contribution in [-0.2, 0) is 9.59 Å². The summed E-state index contributed by atoms with van der Waals surface area (Å²) in [6.45, 7) is 5.46.